The fourth-order valence-electron chi connectivity index (χ4n) is 1.25. The predicted molar refractivity (Wildman–Crippen MR) is 64.9 cm³/mol. The molecule has 16 heavy (non-hydrogen) atoms. The van der Waals surface area contributed by atoms with Crippen LogP contribution in [-0.4, -0.2) is 27.9 Å². The molecule has 0 saturated carbocycles. The van der Waals surface area contributed by atoms with Gasteiger partial charge in [-0.2, -0.15) is 0 Å². The van der Waals surface area contributed by atoms with E-state index in [2.05, 4.69) is 0 Å². The average molecular weight is 238 g/mol. The lowest BCUT2D eigenvalue weighted by atomic mass is 10.2. The molecule has 0 fully saturated rings. The minimum atomic E-state index is -0.853. The molecule has 1 rings (SSSR count). The van der Waals surface area contributed by atoms with Gasteiger partial charge in [0.15, 0.2) is 5.78 Å². The summed E-state index contributed by atoms with van der Waals surface area (Å²) in [4.78, 5) is 22.4. The molecule has 1 aromatic rings. The van der Waals surface area contributed by atoms with Crippen LogP contribution in [0.15, 0.2) is 30.3 Å². The summed E-state index contributed by atoms with van der Waals surface area (Å²) in [6.45, 7) is 1.80. The molecule has 1 aromatic carbocycles. The summed E-state index contributed by atoms with van der Waals surface area (Å²) in [5, 5.41) is 8.33. The van der Waals surface area contributed by atoms with E-state index in [-0.39, 0.29) is 11.5 Å². The maximum atomic E-state index is 11.7. The number of aliphatic carboxylic acids is 1. The Hall–Kier alpha value is -1.29. The number of carbonyl (C=O) groups is 2. The van der Waals surface area contributed by atoms with E-state index in [1.807, 2.05) is 6.07 Å². The van der Waals surface area contributed by atoms with Crippen LogP contribution in [0, 0.1) is 0 Å². The van der Waals surface area contributed by atoms with Crippen LogP contribution in [0.1, 0.15) is 23.7 Å². The second-order valence-electron chi connectivity index (χ2n) is 3.34. The van der Waals surface area contributed by atoms with Gasteiger partial charge in [0.2, 0.25) is 0 Å². The third kappa shape index (κ3) is 3.70. The van der Waals surface area contributed by atoms with Crippen LogP contribution < -0.4 is 0 Å². The van der Waals surface area contributed by atoms with Gasteiger partial charge < -0.3 is 5.11 Å². The number of carboxylic acids is 1. The number of thioether (sulfide) groups is 1. The summed E-state index contributed by atoms with van der Waals surface area (Å²) in [7, 11) is 0. The van der Waals surface area contributed by atoms with Crippen LogP contribution in [0.4, 0.5) is 0 Å². The zero-order valence-corrected chi connectivity index (χ0v) is 9.87. The number of rotatable bonds is 6. The molecule has 0 aromatic heterocycles. The number of ketones is 1. The zero-order valence-electron chi connectivity index (χ0n) is 9.05. The number of carboxylic acid groups (broad SMARTS) is 1. The highest BCUT2D eigenvalue weighted by molar-refractivity contribution is 8.01. The lowest BCUT2D eigenvalue weighted by molar-refractivity contribution is -0.136. The summed E-state index contributed by atoms with van der Waals surface area (Å²) in [6, 6.07) is 8.92. The van der Waals surface area contributed by atoms with Crippen LogP contribution in [0.5, 0.6) is 0 Å². The monoisotopic (exact) mass is 238 g/mol. The highest BCUT2D eigenvalue weighted by Crippen LogP contribution is 2.16. The Morgan fingerprint density at radius 3 is 2.44 bits per heavy atom. The molecule has 4 heteroatoms. The van der Waals surface area contributed by atoms with E-state index < -0.39 is 11.2 Å². The van der Waals surface area contributed by atoms with Gasteiger partial charge in [-0.3, -0.25) is 9.59 Å². The second-order valence-corrected chi connectivity index (χ2v) is 4.53. The molecule has 0 heterocycles. The Bertz CT molecular complexity index is 362. The summed E-state index contributed by atoms with van der Waals surface area (Å²) < 4.78 is 0. The van der Waals surface area contributed by atoms with Crippen molar-refractivity contribution in [3.05, 3.63) is 35.9 Å². The summed E-state index contributed by atoms with van der Waals surface area (Å²) in [5.41, 5.74) is 0.634. The number of hydrogen-bond donors (Lipinski definition) is 1. The molecule has 0 radical (unpaired) electrons. The molecule has 0 spiro atoms. The number of benzene rings is 1. The van der Waals surface area contributed by atoms with Crippen LogP contribution in [-0.2, 0) is 4.79 Å². The van der Waals surface area contributed by atoms with Crippen molar-refractivity contribution >= 4 is 23.5 Å². The van der Waals surface area contributed by atoms with Crippen molar-refractivity contribution < 1.29 is 14.7 Å². The number of hydrogen-bond acceptors (Lipinski definition) is 3. The van der Waals surface area contributed by atoms with E-state index in [1.54, 1.807) is 31.2 Å². The Kier molecular flexibility index (Phi) is 5.05. The highest BCUT2D eigenvalue weighted by atomic mass is 32.2. The topological polar surface area (TPSA) is 54.4 Å². The van der Waals surface area contributed by atoms with Gasteiger partial charge in [-0.05, 0) is 6.42 Å². The lowest BCUT2D eigenvalue weighted by Crippen LogP contribution is -2.17. The van der Waals surface area contributed by atoms with Crippen molar-refractivity contribution in [2.75, 3.05) is 5.75 Å². The van der Waals surface area contributed by atoms with Gasteiger partial charge in [0.25, 0.3) is 0 Å². The molecule has 0 aliphatic heterocycles. The second kappa shape index (κ2) is 6.33. The van der Waals surface area contributed by atoms with Gasteiger partial charge in [0, 0.05) is 5.56 Å². The number of carbonyl (C=O) groups excluding carboxylic acids is 1. The first kappa shape index (κ1) is 12.8. The normalized spacial score (nSPS) is 12.1. The SMILES string of the molecule is CCC(SCC(=O)c1ccccc1)C(=O)O. The molecule has 0 aliphatic carbocycles. The minimum Gasteiger partial charge on any atom is -0.480 e. The van der Waals surface area contributed by atoms with Crippen molar-refractivity contribution in [3.8, 4) is 0 Å². The molecular weight excluding hydrogens is 224 g/mol. The van der Waals surface area contributed by atoms with Crippen LogP contribution in [0.2, 0.25) is 0 Å². The van der Waals surface area contributed by atoms with E-state index in [1.165, 1.54) is 11.8 Å². The van der Waals surface area contributed by atoms with E-state index in [9.17, 15) is 9.59 Å². The Morgan fingerprint density at radius 1 is 1.31 bits per heavy atom. The van der Waals surface area contributed by atoms with Gasteiger partial charge >= 0.3 is 5.97 Å². The largest absolute Gasteiger partial charge is 0.480 e. The van der Waals surface area contributed by atoms with E-state index in [0.717, 1.165) is 0 Å². The van der Waals surface area contributed by atoms with Crippen molar-refractivity contribution in [2.24, 2.45) is 0 Å². The molecule has 0 bridgehead atoms. The molecule has 86 valence electrons. The fourth-order valence-corrected chi connectivity index (χ4v) is 2.14. The highest BCUT2D eigenvalue weighted by Gasteiger charge is 2.17. The van der Waals surface area contributed by atoms with Gasteiger partial charge in [0.1, 0.15) is 5.25 Å². The maximum Gasteiger partial charge on any atom is 0.316 e. The van der Waals surface area contributed by atoms with Gasteiger partial charge in [-0.25, -0.2) is 0 Å². The van der Waals surface area contributed by atoms with Crippen molar-refractivity contribution in [1.29, 1.82) is 0 Å². The Balaban J connectivity index is 2.50. The molecular formula is C12H14O3S. The molecule has 0 amide bonds. The molecule has 0 aliphatic rings. The Morgan fingerprint density at radius 2 is 1.94 bits per heavy atom. The third-order valence-electron chi connectivity index (χ3n) is 2.16. The number of Topliss-reactive ketones (excluding diaryl/α,β-unsaturated/α-hetero) is 1. The molecule has 1 unspecified atom stereocenters. The van der Waals surface area contributed by atoms with Crippen LogP contribution in [0.25, 0.3) is 0 Å². The molecule has 0 saturated heterocycles. The summed E-state index contributed by atoms with van der Waals surface area (Å²) >= 11 is 1.18. The minimum absolute atomic E-state index is 0.0229. The van der Waals surface area contributed by atoms with Gasteiger partial charge in [0.05, 0.1) is 5.75 Å². The average Bonchev–Trinajstić information content (AvgIpc) is 2.30. The first-order valence-electron chi connectivity index (χ1n) is 5.07. The first-order chi connectivity index (χ1) is 7.65. The summed E-state index contributed by atoms with van der Waals surface area (Å²) in [6.07, 6.45) is 0.530. The quantitative estimate of drug-likeness (QED) is 0.773. The van der Waals surface area contributed by atoms with Crippen LogP contribution in [0.3, 0.4) is 0 Å². The van der Waals surface area contributed by atoms with E-state index in [4.69, 9.17) is 5.11 Å². The van der Waals surface area contributed by atoms with E-state index >= 15 is 0 Å². The lowest BCUT2D eigenvalue weighted by Gasteiger charge is -2.08. The predicted octanol–water partition coefficient (Wildman–Crippen LogP) is 2.47. The van der Waals surface area contributed by atoms with Crippen molar-refractivity contribution in [2.45, 2.75) is 18.6 Å². The van der Waals surface area contributed by atoms with Crippen molar-refractivity contribution in [3.63, 3.8) is 0 Å². The van der Waals surface area contributed by atoms with Gasteiger partial charge in [-0.1, -0.05) is 37.3 Å². The summed E-state index contributed by atoms with van der Waals surface area (Å²) in [5.74, 6) is -0.659. The molecule has 1 N–H and O–H groups in total. The standard InChI is InChI=1S/C12H14O3S/c1-2-11(12(14)15)16-8-10(13)9-6-4-3-5-7-9/h3-7,11H,2,8H2,1H3,(H,14,15). The maximum absolute atomic E-state index is 11.7. The molecule has 1 atom stereocenters. The Labute approximate surface area is 98.9 Å². The van der Waals surface area contributed by atoms with E-state index in [0.29, 0.717) is 12.0 Å². The zero-order chi connectivity index (χ0) is 12.0. The van der Waals surface area contributed by atoms with Crippen LogP contribution >= 0.6 is 11.8 Å². The fraction of sp³-hybridized carbons (Fsp3) is 0.333. The smallest absolute Gasteiger partial charge is 0.316 e. The van der Waals surface area contributed by atoms with Gasteiger partial charge in [-0.15, -0.1) is 11.8 Å². The first-order valence-corrected chi connectivity index (χ1v) is 6.12. The third-order valence-corrected chi connectivity index (χ3v) is 3.52. The molecule has 3 nitrogen and oxygen atoms in total. The van der Waals surface area contributed by atoms with Crippen molar-refractivity contribution in [1.82, 2.24) is 0 Å².